The first-order chi connectivity index (χ1) is 9.87. The Morgan fingerprint density at radius 1 is 1.33 bits per heavy atom. The van der Waals surface area contributed by atoms with Crippen LogP contribution in [0.5, 0.6) is 0 Å². The van der Waals surface area contributed by atoms with E-state index in [0.717, 1.165) is 23.3 Å². The summed E-state index contributed by atoms with van der Waals surface area (Å²) in [5, 5.41) is 4.36. The minimum Gasteiger partial charge on any atom is -0.312 e. The summed E-state index contributed by atoms with van der Waals surface area (Å²) in [6, 6.07) is 0. The zero-order valence-electron chi connectivity index (χ0n) is 11.7. The van der Waals surface area contributed by atoms with Gasteiger partial charge in [0.05, 0.1) is 5.69 Å². The smallest absolute Gasteiger partial charge is 0.312 e. The van der Waals surface area contributed by atoms with E-state index in [9.17, 15) is 13.2 Å². The summed E-state index contributed by atoms with van der Waals surface area (Å²) in [5.41, 5.74) is -1.84. The SMILES string of the molecule is CCc1nn(C)c2c1nc(CCCl)n2CCSC(F)(F)F. The second-order valence-electron chi connectivity index (χ2n) is 4.51. The van der Waals surface area contributed by atoms with Crippen LogP contribution in [-0.2, 0) is 26.4 Å². The minimum atomic E-state index is -4.21. The number of hydrogen-bond donors (Lipinski definition) is 0. The molecule has 4 nitrogen and oxygen atoms in total. The van der Waals surface area contributed by atoms with E-state index in [1.54, 1.807) is 16.3 Å². The van der Waals surface area contributed by atoms with Crippen LogP contribution in [0.15, 0.2) is 0 Å². The number of alkyl halides is 4. The molecule has 2 aromatic heterocycles. The van der Waals surface area contributed by atoms with Crippen LogP contribution in [-0.4, -0.2) is 36.5 Å². The third kappa shape index (κ3) is 3.66. The Morgan fingerprint density at radius 3 is 2.62 bits per heavy atom. The number of aryl methyl sites for hydroxylation is 4. The van der Waals surface area contributed by atoms with E-state index >= 15 is 0 Å². The third-order valence-electron chi connectivity index (χ3n) is 3.10. The molecule has 0 radical (unpaired) electrons. The molecule has 0 aliphatic rings. The van der Waals surface area contributed by atoms with Gasteiger partial charge in [-0.05, 0) is 18.2 Å². The summed E-state index contributed by atoms with van der Waals surface area (Å²) in [6.07, 6.45) is 1.25. The fraction of sp³-hybridized carbons (Fsp3) is 0.667. The number of nitrogens with zero attached hydrogens (tertiary/aromatic N) is 4. The summed E-state index contributed by atoms with van der Waals surface area (Å²) >= 11 is 5.74. The Bertz CT molecular complexity index is 620. The Balaban J connectivity index is 2.34. The number of fused-ring (bicyclic) bond motifs is 1. The number of rotatable bonds is 6. The van der Waals surface area contributed by atoms with Crippen LogP contribution in [0.1, 0.15) is 18.4 Å². The van der Waals surface area contributed by atoms with Gasteiger partial charge in [0.15, 0.2) is 5.65 Å². The molecular weight excluding hydrogens is 325 g/mol. The third-order valence-corrected chi connectivity index (χ3v) is 4.01. The van der Waals surface area contributed by atoms with E-state index in [0.29, 0.717) is 18.1 Å². The van der Waals surface area contributed by atoms with E-state index in [1.807, 2.05) is 6.92 Å². The number of hydrogen-bond acceptors (Lipinski definition) is 3. The van der Waals surface area contributed by atoms with E-state index in [2.05, 4.69) is 10.1 Å². The first-order valence-electron chi connectivity index (χ1n) is 6.55. The van der Waals surface area contributed by atoms with Gasteiger partial charge in [-0.1, -0.05) is 6.92 Å². The minimum absolute atomic E-state index is 0.0257. The van der Waals surface area contributed by atoms with Crippen molar-refractivity contribution in [1.29, 1.82) is 0 Å². The highest BCUT2D eigenvalue weighted by atomic mass is 35.5. The maximum absolute atomic E-state index is 12.3. The predicted octanol–water partition coefficient (Wildman–Crippen LogP) is 3.37. The van der Waals surface area contributed by atoms with Crippen molar-refractivity contribution >= 4 is 34.5 Å². The Labute approximate surface area is 129 Å². The van der Waals surface area contributed by atoms with Crippen LogP contribution in [0.2, 0.25) is 0 Å². The lowest BCUT2D eigenvalue weighted by Gasteiger charge is -2.10. The normalized spacial score (nSPS) is 12.5. The molecule has 0 fully saturated rings. The quantitative estimate of drug-likeness (QED) is 0.756. The molecule has 21 heavy (non-hydrogen) atoms. The van der Waals surface area contributed by atoms with Crippen molar-refractivity contribution in [3.05, 3.63) is 11.5 Å². The van der Waals surface area contributed by atoms with Gasteiger partial charge in [-0.3, -0.25) is 4.68 Å². The van der Waals surface area contributed by atoms with Crippen molar-refractivity contribution in [2.75, 3.05) is 11.6 Å². The van der Waals surface area contributed by atoms with Crippen molar-refractivity contribution in [1.82, 2.24) is 19.3 Å². The first kappa shape index (κ1) is 16.5. The predicted molar refractivity (Wildman–Crippen MR) is 78.8 cm³/mol. The molecule has 118 valence electrons. The molecule has 9 heteroatoms. The molecule has 2 aromatic rings. The fourth-order valence-electron chi connectivity index (χ4n) is 2.29. The number of thioether (sulfide) groups is 1. The summed E-state index contributed by atoms with van der Waals surface area (Å²) < 4.78 is 40.3. The van der Waals surface area contributed by atoms with Crippen molar-refractivity contribution in [3.63, 3.8) is 0 Å². The summed E-state index contributed by atoms with van der Waals surface area (Å²) in [6.45, 7) is 2.21. The van der Waals surface area contributed by atoms with Crippen LogP contribution >= 0.6 is 23.4 Å². The van der Waals surface area contributed by atoms with Crippen molar-refractivity contribution < 1.29 is 13.2 Å². The largest absolute Gasteiger partial charge is 0.441 e. The van der Waals surface area contributed by atoms with Gasteiger partial charge in [-0.15, -0.1) is 11.6 Å². The van der Waals surface area contributed by atoms with Gasteiger partial charge in [0, 0.05) is 31.6 Å². The van der Waals surface area contributed by atoms with E-state index in [1.165, 1.54) is 0 Å². The molecule has 0 saturated heterocycles. The van der Waals surface area contributed by atoms with Gasteiger partial charge < -0.3 is 4.57 Å². The lowest BCUT2D eigenvalue weighted by Crippen LogP contribution is -2.12. The number of aromatic nitrogens is 4. The van der Waals surface area contributed by atoms with Crippen molar-refractivity contribution in [2.45, 2.75) is 31.8 Å². The molecule has 0 bridgehead atoms. The molecule has 0 spiro atoms. The van der Waals surface area contributed by atoms with Gasteiger partial charge in [0.1, 0.15) is 11.3 Å². The lowest BCUT2D eigenvalue weighted by atomic mass is 10.3. The highest BCUT2D eigenvalue weighted by Gasteiger charge is 2.28. The maximum atomic E-state index is 12.3. The Kier molecular flexibility index (Phi) is 5.08. The van der Waals surface area contributed by atoms with Crippen LogP contribution in [0.3, 0.4) is 0 Å². The van der Waals surface area contributed by atoms with Crippen LogP contribution in [0.4, 0.5) is 13.2 Å². The fourth-order valence-corrected chi connectivity index (χ4v) is 2.96. The lowest BCUT2D eigenvalue weighted by molar-refractivity contribution is -0.0328. The summed E-state index contributed by atoms with van der Waals surface area (Å²) in [4.78, 5) is 4.51. The summed E-state index contributed by atoms with van der Waals surface area (Å²) in [5.74, 6) is 1.03. The van der Waals surface area contributed by atoms with E-state index < -0.39 is 5.51 Å². The zero-order valence-corrected chi connectivity index (χ0v) is 13.3. The molecule has 0 saturated carbocycles. The van der Waals surface area contributed by atoms with Crippen molar-refractivity contribution in [3.8, 4) is 0 Å². The van der Waals surface area contributed by atoms with Crippen molar-refractivity contribution in [2.24, 2.45) is 7.05 Å². The Hall–Kier alpha value is -0.890. The number of halogens is 4. The Morgan fingerprint density at radius 2 is 2.05 bits per heavy atom. The standard InChI is InChI=1S/C12H16ClF3N4S/c1-3-8-10-11(19(2)18-8)20(9(17-10)4-5-13)6-7-21-12(14,15)16/h3-7H2,1-2H3. The topological polar surface area (TPSA) is 35.6 Å². The molecular formula is C12H16ClF3N4S. The van der Waals surface area contributed by atoms with Gasteiger partial charge in [-0.25, -0.2) is 4.98 Å². The van der Waals surface area contributed by atoms with Crippen LogP contribution in [0, 0.1) is 0 Å². The van der Waals surface area contributed by atoms with E-state index in [-0.39, 0.29) is 24.1 Å². The molecule has 0 N–H and O–H groups in total. The van der Waals surface area contributed by atoms with Gasteiger partial charge in [0.2, 0.25) is 0 Å². The monoisotopic (exact) mass is 340 g/mol. The second-order valence-corrected chi connectivity index (χ2v) is 6.05. The highest BCUT2D eigenvalue weighted by molar-refractivity contribution is 8.00. The highest BCUT2D eigenvalue weighted by Crippen LogP contribution is 2.30. The average Bonchev–Trinajstić information content (AvgIpc) is 2.88. The summed E-state index contributed by atoms with van der Waals surface area (Å²) in [7, 11) is 1.78. The van der Waals surface area contributed by atoms with Gasteiger partial charge in [0.25, 0.3) is 0 Å². The molecule has 0 aromatic carbocycles. The second kappa shape index (κ2) is 6.48. The molecule has 0 aliphatic carbocycles. The molecule has 2 rings (SSSR count). The average molecular weight is 341 g/mol. The van der Waals surface area contributed by atoms with E-state index in [4.69, 9.17) is 11.6 Å². The molecule has 0 amide bonds. The van der Waals surface area contributed by atoms with Gasteiger partial charge >= 0.3 is 5.51 Å². The molecule has 2 heterocycles. The van der Waals surface area contributed by atoms with Crippen LogP contribution < -0.4 is 0 Å². The zero-order chi connectivity index (χ0) is 15.6. The maximum Gasteiger partial charge on any atom is 0.441 e. The van der Waals surface area contributed by atoms with Crippen LogP contribution in [0.25, 0.3) is 11.2 Å². The first-order valence-corrected chi connectivity index (χ1v) is 8.07. The van der Waals surface area contributed by atoms with Gasteiger partial charge in [-0.2, -0.15) is 18.3 Å². The molecule has 0 atom stereocenters. The number of imidazole rings is 1. The molecule has 0 aliphatic heterocycles. The molecule has 0 unspecified atom stereocenters.